The van der Waals surface area contributed by atoms with Crippen molar-refractivity contribution in [3.63, 3.8) is 0 Å². The number of fused-ring (bicyclic) bond motifs is 5. The fraction of sp³-hybridized carbons (Fsp3) is 0.963. The van der Waals surface area contributed by atoms with Gasteiger partial charge in [-0.3, -0.25) is 4.79 Å². The van der Waals surface area contributed by atoms with Crippen LogP contribution in [-0.2, 0) is 4.79 Å². The molecule has 0 amide bonds. The second-order valence-electron chi connectivity index (χ2n) is 12.7. The summed E-state index contributed by atoms with van der Waals surface area (Å²) >= 11 is 0. The highest BCUT2D eigenvalue weighted by Crippen LogP contribution is 2.68. The van der Waals surface area contributed by atoms with Crippen molar-refractivity contribution in [3.8, 4) is 0 Å². The predicted molar refractivity (Wildman–Crippen MR) is 121 cm³/mol. The number of ketones is 1. The van der Waals surface area contributed by atoms with Crippen LogP contribution >= 0.6 is 0 Å². The van der Waals surface area contributed by atoms with Crippen molar-refractivity contribution in [2.24, 2.45) is 46.3 Å². The van der Waals surface area contributed by atoms with Crippen molar-refractivity contribution in [1.82, 2.24) is 0 Å². The fourth-order valence-electron chi connectivity index (χ4n) is 9.04. The zero-order valence-electron chi connectivity index (χ0n) is 20.1. The molecule has 4 aliphatic carbocycles. The van der Waals surface area contributed by atoms with Crippen LogP contribution in [0.3, 0.4) is 0 Å². The van der Waals surface area contributed by atoms with Crippen molar-refractivity contribution in [1.29, 1.82) is 0 Å². The third-order valence-electron chi connectivity index (χ3n) is 10.8. The third kappa shape index (κ3) is 3.33. The summed E-state index contributed by atoms with van der Waals surface area (Å²) in [6.07, 6.45) is 10.8. The van der Waals surface area contributed by atoms with E-state index in [1.54, 1.807) is 0 Å². The van der Waals surface area contributed by atoms with Crippen LogP contribution in [0.1, 0.15) is 105 Å². The normalized spacial score (nSPS) is 49.5. The Balaban J connectivity index is 1.54. The van der Waals surface area contributed by atoms with E-state index in [4.69, 9.17) is 0 Å². The molecular weight excluding hydrogens is 372 g/mol. The minimum absolute atomic E-state index is 0.0303. The van der Waals surface area contributed by atoms with Gasteiger partial charge in [-0.25, -0.2) is 0 Å². The summed E-state index contributed by atoms with van der Waals surface area (Å²) in [7, 11) is 0. The van der Waals surface area contributed by atoms with Gasteiger partial charge in [-0.15, -0.1) is 0 Å². The molecular formula is C27H46O3. The van der Waals surface area contributed by atoms with E-state index in [9.17, 15) is 15.0 Å². The molecule has 0 aliphatic heterocycles. The Kier molecular flexibility index (Phi) is 5.97. The largest absolute Gasteiger partial charge is 0.393 e. The molecule has 3 nitrogen and oxygen atoms in total. The molecule has 0 aromatic rings. The first-order valence-corrected chi connectivity index (χ1v) is 13.0. The van der Waals surface area contributed by atoms with Gasteiger partial charge in [0, 0.05) is 18.3 Å². The number of carbonyl (C=O) groups excluding carboxylic acids is 1. The van der Waals surface area contributed by atoms with Gasteiger partial charge in [-0.1, -0.05) is 53.9 Å². The van der Waals surface area contributed by atoms with Gasteiger partial charge in [-0.2, -0.15) is 0 Å². The lowest BCUT2D eigenvalue weighted by Crippen LogP contribution is -2.67. The lowest BCUT2D eigenvalue weighted by atomic mass is 9.42. The van der Waals surface area contributed by atoms with Crippen molar-refractivity contribution in [2.75, 3.05) is 0 Å². The van der Waals surface area contributed by atoms with Crippen LogP contribution in [0.15, 0.2) is 0 Å². The van der Waals surface area contributed by atoms with E-state index >= 15 is 0 Å². The standard InChI is InChI=1S/C27H46O3/c1-17(2)7-6-8-18(3)21-9-10-22-20-15-24(29)27(30)16-19(28)11-14-26(27,5)23(20)12-13-25(21,22)4/h17-23,28,30H,6-16H2,1-5H3/t18-,19+,20+,21?,22+,23+,25-,26-,27+/m1/s1. The van der Waals surface area contributed by atoms with Crippen molar-refractivity contribution in [2.45, 2.75) is 117 Å². The number of rotatable bonds is 5. The molecule has 0 spiro atoms. The highest BCUT2D eigenvalue weighted by molar-refractivity contribution is 5.89. The highest BCUT2D eigenvalue weighted by Gasteiger charge is 2.67. The van der Waals surface area contributed by atoms with E-state index < -0.39 is 11.7 Å². The summed E-state index contributed by atoms with van der Waals surface area (Å²) in [5.74, 6) is 3.87. The topological polar surface area (TPSA) is 57.5 Å². The average molecular weight is 419 g/mol. The van der Waals surface area contributed by atoms with Gasteiger partial charge >= 0.3 is 0 Å². The predicted octanol–water partition coefficient (Wildman–Crippen LogP) is 5.76. The second kappa shape index (κ2) is 7.87. The maximum Gasteiger partial charge on any atom is 0.165 e. The molecule has 0 aromatic heterocycles. The molecule has 3 heteroatoms. The van der Waals surface area contributed by atoms with Gasteiger partial charge in [-0.05, 0) is 79.4 Å². The molecule has 0 bridgehead atoms. The van der Waals surface area contributed by atoms with E-state index in [-0.39, 0.29) is 17.6 Å². The Morgan fingerprint density at radius 2 is 1.73 bits per heavy atom. The minimum atomic E-state index is -1.30. The molecule has 4 fully saturated rings. The van der Waals surface area contributed by atoms with E-state index in [0.717, 1.165) is 37.0 Å². The number of aliphatic hydroxyl groups excluding tert-OH is 1. The SMILES string of the molecule is CC(C)CCC[C@@H](C)C1CC[C@H]2[C@@H]3CC(=O)[C@@]4(O)C[C@@H](O)CC[C@]4(C)[C@H]3CC[C@]12C. The molecule has 4 aliphatic rings. The van der Waals surface area contributed by atoms with Crippen molar-refractivity contribution < 1.29 is 15.0 Å². The Labute approximate surface area is 184 Å². The Bertz CT molecular complexity index is 658. The average Bonchev–Trinajstić information content (AvgIpc) is 3.01. The zero-order chi connectivity index (χ0) is 21.9. The number of aliphatic hydroxyl groups is 2. The van der Waals surface area contributed by atoms with E-state index in [2.05, 4.69) is 34.6 Å². The number of Topliss-reactive ketones (excluding diaryl/α,β-unsaturated/α-hetero) is 1. The molecule has 9 atom stereocenters. The molecule has 4 rings (SSSR count). The van der Waals surface area contributed by atoms with E-state index in [1.807, 2.05) is 0 Å². The van der Waals surface area contributed by atoms with Gasteiger partial charge in [0.1, 0.15) is 5.60 Å². The van der Waals surface area contributed by atoms with E-state index in [0.29, 0.717) is 29.6 Å². The Hall–Kier alpha value is -0.410. The zero-order valence-corrected chi connectivity index (χ0v) is 20.1. The molecule has 2 N–H and O–H groups in total. The summed E-state index contributed by atoms with van der Waals surface area (Å²) < 4.78 is 0. The maximum atomic E-state index is 13.3. The van der Waals surface area contributed by atoms with Crippen LogP contribution < -0.4 is 0 Å². The molecule has 0 aromatic carbocycles. The highest BCUT2D eigenvalue weighted by atomic mass is 16.3. The molecule has 4 saturated carbocycles. The van der Waals surface area contributed by atoms with Crippen molar-refractivity contribution >= 4 is 5.78 Å². The number of hydrogen-bond donors (Lipinski definition) is 2. The maximum absolute atomic E-state index is 13.3. The summed E-state index contributed by atoms with van der Waals surface area (Å²) in [6.45, 7) is 11.9. The summed E-state index contributed by atoms with van der Waals surface area (Å²) in [5.41, 5.74) is -1.30. The first-order chi connectivity index (χ1) is 14.0. The quantitative estimate of drug-likeness (QED) is 0.596. The van der Waals surface area contributed by atoms with Crippen LogP contribution in [0, 0.1) is 46.3 Å². The molecule has 1 unspecified atom stereocenters. The lowest BCUT2D eigenvalue weighted by molar-refractivity contribution is -0.213. The summed E-state index contributed by atoms with van der Waals surface area (Å²) in [4.78, 5) is 13.3. The molecule has 172 valence electrons. The summed E-state index contributed by atoms with van der Waals surface area (Å²) in [6, 6.07) is 0. The van der Waals surface area contributed by atoms with Gasteiger partial charge in [0.15, 0.2) is 5.78 Å². The first kappa shape index (κ1) is 22.8. The van der Waals surface area contributed by atoms with Crippen LogP contribution in [0.4, 0.5) is 0 Å². The van der Waals surface area contributed by atoms with Crippen LogP contribution in [0.5, 0.6) is 0 Å². The second-order valence-corrected chi connectivity index (χ2v) is 12.7. The number of hydrogen-bond acceptors (Lipinski definition) is 3. The molecule has 0 saturated heterocycles. The Morgan fingerprint density at radius 3 is 2.43 bits per heavy atom. The van der Waals surface area contributed by atoms with Gasteiger partial charge in [0.2, 0.25) is 0 Å². The molecule has 30 heavy (non-hydrogen) atoms. The molecule has 0 heterocycles. The van der Waals surface area contributed by atoms with Gasteiger partial charge in [0.05, 0.1) is 6.10 Å². The van der Waals surface area contributed by atoms with Crippen LogP contribution in [0.25, 0.3) is 0 Å². The Morgan fingerprint density at radius 1 is 1.00 bits per heavy atom. The number of carbonyl (C=O) groups is 1. The van der Waals surface area contributed by atoms with Gasteiger partial charge in [0.25, 0.3) is 0 Å². The first-order valence-electron chi connectivity index (χ1n) is 13.0. The summed E-state index contributed by atoms with van der Waals surface area (Å²) in [5, 5.41) is 21.7. The van der Waals surface area contributed by atoms with Crippen molar-refractivity contribution in [3.05, 3.63) is 0 Å². The minimum Gasteiger partial charge on any atom is -0.393 e. The van der Waals surface area contributed by atoms with Crippen LogP contribution in [0.2, 0.25) is 0 Å². The van der Waals surface area contributed by atoms with Crippen LogP contribution in [-0.4, -0.2) is 27.7 Å². The third-order valence-corrected chi connectivity index (χ3v) is 10.8. The lowest BCUT2D eigenvalue weighted by Gasteiger charge is -2.63. The van der Waals surface area contributed by atoms with Gasteiger partial charge < -0.3 is 10.2 Å². The molecule has 0 radical (unpaired) electrons. The monoisotopic (exact) mass is 418 g/mol. The fourth-order valence-corrected chi connectivity index (χ4v) is 9.04. The van der Waals surface area contributed by atoms with E-state index in [1.165, 1.54) is 38.5 Å². The smallest absolute Gasteiger partial charge is 0.165 e.